The molecule has 2 rings (SSSR count). The molecule has 0 aliphatic heterocycles. The summed E-state index contributed by atoms with van der Waals surface area (Å²) in [5, 5.41) is 4.71. The Bertz CT molecular complexity index is 717. The van der Waals surface area contributed by atoms with Crippen LogP contribution in [0.1, 0.15) is 25.0 Å². The average molecular weight is 332 g/mol. The lowest BCUT2D eigenvalue weighted by atomic mass is 10.2. The van der Waals surface area contributed by atoms with Gasteiger partial charge in [0.1, 0.15) is 5.75 Å². The van der Waals surface area contributed by atoms with E-state index in [1.165, 1.54) is 0 Å². The summed E-state index contributed by atoms with van der Waals surface area (Å²) in [5.74, 6) is 0.291. The van der Waals surface area contributed by atoms with Crippen molar-refractivity contribution in [3.05, 3.63) is 58.9 Å². The van der Waals surface area contributed by atoms with E-state index in [-0.39, 0.29) is 5.91 Å². The zero-order valence-electron chi connectivity index (χ0n) is 13.2. The molecule has 120 valence electrons. The van der Waals surface area contributed by atoms with Gasteiger partial charge in [-0.1, -0.05) is 11.6 Å². The third-order valence-corrected chi connectivity index (χ3v) is 3.48. The minimum Gasteiger partial charge on any atom is -0.481 e. The Morgan fingerprint density at radius 2 is 2.00 bits per heavy atom. The SMILES string of the molecule is CC(=NNC(=O)C(C)Oc1ccc(Cl)cc1C)c1ccncc1. The third-order valence-electron chi connectivity index (χ3n) is 3.24. The standard InChI is InChI=1S/C17H18ClN3O2/c1-11-10-15(18)4-5-16(11)23-13(3)17(22)21-20-12(2)14-6-8-19-9-7-14/h4-10,13H,1-3H3,(H,21,22). The van der Waals surface area contributed by atoms with Crippen LogP contribution in [-0.2, 0) is 4.79 Å². The van der Waals surface area contributed by atoms with Crippen molar-refractivity contribution in [1.82, 2.24) is 10.4 Å². The summed E-state index contributed by atoms with van der Waals surface area (Å²) in [6.07, 6.45) is 2.67. The predicted molar refractivity (Wildman–Crippen MR) is 90.9 cm³/mol. The van der Waals surface area contributed by atoms with Crippen molar-refractivity contribution in [2.75, 3.05) is 0 Å². The molecule has 1 unspecified atom stereocenters. The second-order valence-electron chi connectivity index (χ2n) is 5.08. The number of carbonyl (C=O) groups excluding carboxylic acids is 1. The number of nitrogens with zero attached hydrogens (tertiary/aromatic N) is 2. The lowest BCUT2D eigenvalue weighted by Gasteiger charge is -2.15. The number of halogens is 1. The van der Waals surface area contributed by atoms with Crippen LogP contribution in [0.3, 0.4) is 0 Å². The van der Waals surface area contributed by atoms with Crippen LogP contribution in [0.2, 0.25) is 5.02 Å². The number of hydrogen-bond acceptors (Lipinski definition) is 4. The Labute approximate surface area is 140 Å². The molecule has 1 aromatic heterocycles. The number of aryl methyl sites for hydroxylation is 1. The van der Waals surface area contributed by atoms with Crippen molar-refractivity contribution < 1.29 is 9.53 Å². The second kappa shape index (κ2) is 7.74. The molecular weight excluding hydrogens is 314 g/mol. The number of hydrazone groups is 1. The highest BCUT2D eigenvalue weighted by Gasteiger charge is 2.15. The zero-order chi connectivity index (χ0) is 16.8. The molecule has 23 heavy (non-hydrogen) atoms. The number of ether oxygens (including phenoxy) is 1. The van der Waals surface area contributed by atoms with Crippen LogP contribution in [-0.4, -0.2) is 22.7 Å². The van der Waals surface area contributed by atoms with E-state index in [1.807, 2.05) is 26.0 Å². The molecule has 0 radical (unpaired) electrons. The first kappa shape index (κ1) is 17.0. The highest BCUT2D eigenvalue weighted by Crippen LogP contribution is 2.22. The zero-order valence-corrected chi connectivity index (χ0v) is 14.0. The van der Waals surface area contributed by atoms with E-state index in [0.29, 0.717) is 16.5 Å². The average Bonchev–Trinajstić information content (AvgIpc) is 2.55. The van der Waals surface area contributed by atoms with Gasteiger partial charge >= 0.3 is 0 Å². The van der Waals surface area contributed by atoms with Gasteiger partial charge in [0.05, 0.1) is 5.71 Å². The van der Waals surface area contributed by atoms with Crippen LogP contribution < -0.4 is 10.2 Å². The molecule has 1 aromatic carbocycles. The largest absolute Gasteiger partial charge is 0.481 e. The first-order valence-electron chi connectivity index (χ1n) is 7.14. The third kappa shape index (κ3) is 4.79. The van der Waals surface area contributed by atoms with Crippen LogP contribution in [0.4, 0.5) is 0 Å². The van der Waals surface area contributed by atoms with Gasteiger partial charge in [0.2, 0.25) is 0 Å². The van der Waals surface area contributed by atoms with Crippen LogP contribution >= 0.6 is 11.6 Å². The molecule has 0 aliphatic rings. The van der Waals surface area contributed by atoms with Gasteiger partial charge in [-0.05, 0) is 56.7 Å². The summed E-state index contributed by atoms with van der Waals surface area (Å²) in [6.45, 7) is 5.35. The van der Waals surface area contributed by atoms with Crippen molar-refractivity contribution in [2.45, 2.75) is 26.9 Å². The molecule has 6 heteroatoms. The quantitative estimate of drug-likeness (QED) is 0.675. The molecule has 0 fully saturated rings. The molecular formula is C17H18ClN3O2. The van der Waals surface area contributed by atoms with E-state index in [4.69, 9.17) is 16.3 Å². The Morgan fingerprint density at radius 3 is 2.65 bits per heavy atom. The summed E-state index contributed by atoms with van der Waals surface area (Å²) < 4.78 is 5.65. The van der Waals surface area contributed by atoms with Gasteiger partial charge in [-0.3, -0.25) is 9.78 Å². The molecule has 2 aromatic rings. The van der Waals surface area contributed by atoms with E-state index >= 15 is 0 Å². The van der Waals surface area contributed by atoms with Crippen LogP contribution in [0.15, 0.2) is 47.8 Å². The Hall–Kier alpha value is -2.40. The highest BCUT2D eigenvalue weighted by atomic mass is 35.5. The number of hydrogen-bond donors (Lipinski definition) is 1. The summed E-state index contributed by atoms with van der Waals surface area (Å²) in [6, 6.07) is 8.89. The fourth-order valence-corrected chi connectivity index (χ4v) is 2.10. The van der Waals surface area contributed by atoms with Crippen molar-refractivity contribution in [2.24, 2.45) is 5.10 Å². The van der Waals surface area contributed by atoms with Crippen molar-refractivity contribution in [1.29, 1.82) is 0 Å². The smallest absolute Gasteiger partial charge is 0.280 e. The second-order valence-corrected chi connectivity index (χ2v) is 5.52. The lowest BCUT2D eigenvalue weighted by Crippen LogP contribution is -2.34. The monoisotopic (exact) mass is 331 g/mol. The molecule has 0 bridgehead atoms. The normalized spacial score (nSPS) is 12.6. The molecule has 0 saturated heterocycles. The van der Waals surface area contributed by atoms with E-state index in [0.717, 1.165) is 11.1 Å². The maximum absolute atomic E-state index is 12.1. The number of carbonyl (C=O) groups is 1. The number of benzene rings is 1. The molecule has 0 saturated carbocycles. The summed E-state index contributed by atoms with van der Waals surface area (Å²) in [5.41, 5.74) is 4.96. The van der Waals surface area contributed by atoms with Gasteiger partial charge in [0, 0.05) is 23.0 Å². The topological polar surface area (TPSA) is 63.6 Å². The van der Waals surface area contributed by atoms with Gasteiger partial charge < -0.3 is 4.74 Å². The number of amides is 1. The molecule has 5 nitrogen and oxygen atoms in total. The predicted octanol–water partition coefficient (Wildman–Crippen LogP) is 3.35. The fourth-order valence-electron chi connectivity index (χ4n) is 1.88. The molecule has 1 heterocycles. The number of aromatic nitrogens is 1. The fraction of sp³-hybridized carbons (Fsp3) is 0.235. The van der Waals surface area contributed by atoms with Crippen LogP contribution in [0, 0.1) is 6.92 Å². The minimum absolute atomic E-state index is 0.326. The Balaban J connectivity index is 1.97. The molecule has 0 aliphatic carbocycles. The van der Waals surface area contributed by atoms with Crippen LogP contribution in [0.5, 0.6) is 5.75 Å². The van der Waals surface area contributed by atoms with Crippen molar-refractivity contribution in [3.8, 4) is 5.75 Å². The molecule has 0 spiro atoms. The number of nitrogens with one attached hydrogen (secondary N) is 1. The summed E-state index contributed by atoms with van der Waals surface area (Å²) in [4.78, 5) is 16.0. The maximum atomic E-state index is 12.1. The highest BCUT2D eigenvalue weighted by molar-refractivity contribution is 6.30. The molecule has 1 N–H and O–H groups in total. The summed E-state index contributed by atoms with van der Waals surface area (Å²) in [7, 11) is 0. The van der Waals surface area contributed by atoms with E-state index in [1.54, 1.807) is 37.5 Å². The van der Waals surface area contributed by atoms with Gasteiger partial charge in [-0.25, -0.2) is 5.43 Å². The molecule has 1 atom stereocenters. The van der Waals surface area contributed by atoms with Gasteiger partial charge in [0.25, 0.3) is 5.91 Å². The van der Waals surface area contributed by atoms with Crippen molar-refractivity contribution >= 4 is 23.2 Å². The molecule has 1 amide bonds. The van der Waals surface area contributed by atoms with E-state index < -0.39 is 6.10 Å². The van der Waals surface area contributed by atoms with Crippen LogP contribution in [0.25, 0.3) is 0 Å². The van der Waals surface area contributed by atoms with Gasteiger partial charge in [-0.2, -0.15) is 5.10 Å². The lowest BCUT2D eigenvalue weighted by molar-refractivity contribution is -0.127. The first-order chi connectivity index (χ1) is 11.0. The first-order valence-corrected chi connectivity index (χ1v) is 7.52. The Kier molecular flexibility index (Phi) is 5.71. The van der Waals surface area contributed by atoms with E-state index in [2.05, 4.69) is 15.5 Å². The van der Waals surface area contributed by atoms with Crippen molar-refractivity contribution in [3.63, 3.8) is 0 Å². The Morgan fingerprint density at radius 1 is 1.30 bits per heavy atom. The number of rotatable bonds is 5. The van der Waals surface area contributed by atoms with Gasteiger partial charge in [0.15, 0.2) is 6.10 Å². The van der Waals surface area contributed by atoms with E-state index in [9.17, 15) is 4.79 Å². The van der Waals surface area contributed by atoms with Gasteiger partial charge in [-0.15, -0.1) is 0 Å². The number of pyridine rings is 1. The summed E-state index contributed by atoms with van der Waals surface area (Å²) >= 11 is 5.90. The maximum Gasteiger partial charge on any atom is 0.280 e. The minimum atomic E-state index is -0.677.